The molecule has 30 heavy (non-hydrogen) atoms. The van der Waals surface area contributed by atoms with Crippen molar-refractivity contribution < 1.29 is 19.4 Å². The van der Waals surface area contributed by atoms with Gasteiger partial charge in [0, 0.05) is 36.2 Å². The quantitative estimate of drug-likeness (QED) is 0.672. The molecule has 8 nitrogen and oxygen atoms in total. The lowest BCUT2D eigenvalue weighted by Gasteiger charge is -2.37. The molecule has 2 heterocycles. The van der Waals surface area contributed by atoms with Crippen molar-refractivity contribution >= 4 is 27.9 Å². The van der Waals surface area contributed by atoms with Crippen molar-refractivity contribution in [2.45, 2.75) is 57.7 Å². The van der Waals surface area contributed by atoms with Crippen LogP contribution >= 0.6 is 15.9 Å². The fourth-order valence-electron chi connectivity index (χ4n) is 4.00. The van der Waals surface area contributed by atoms with Gasteiger partial charge in [0.15, 0.2) is 0 Å². The van der Waals surface area contributed by atoms with Crippen molar-refractivity contribution in [3.8, 4) is 5.88 Å². The van der Waals surface area contributed by atoms with E-state index < -0.39 is 0 Å². The largest absolute Gasteiger partial charge is 0.472 e. The van der Waals surface area contributed by atoms with Crippen molar-refractivity contribution in [1.29, 1.82) is 0 Å². The number of likely N-dealkylation sites (N-methyl/N-ethyl adjacent to an activating group) is 1. The van der Waals surface area contributed by atoms with Gasteiger partial charge < -0.3 is 25.0 Å². The fourth-order valence-corrected chi connectivity index (χ4v) is 4.33. The summed E-state index contributed by atoms with van der Waals surface area (Å²) in [5.41, 5.74) is 0.347. The van der Waals surface area contributed by atoms with Crippen molar-refractivity contribution in [3.63, 3.8) is 0 Å². The van der Waals surface area contributed by atoms with E-state index in [2.05, 4.69) is 26.2 Å². The van der Waals surface area contributed by atoms with Gasteiger partial charge in [-0.3, -0.25) is 4.79 Å². The lowest BCUT2D eigenvalue weighted by atomic mass is 10.0. The highest BCUT2D eigenvalue weighted by atomic mass is 79.9. The molecule has 0 aromatic carbocycles. The summed E-state index contributed by atoms with van der Waals surface area (Å²) in [7, 11) is 1.76. The molecule has 1 aromatic heterocycles. The molecule has 3 atom stereocenters. The minimum Gasteiger partial charge on any atom is -0.472 e. The summed E-state index contributed by atoms with van der Waals surface area (Å²) in [5.74, 6) is -0.0410. The molecule has 0 saturated heterocycles. The molecule has 0 bridgehead atoms. The Morgan fingerprint density at radius 3 is 2.83 bits per heavy atom. The highest BCUT2D eigenvalue weighted by Gasteiger charge is 2.34. The molecule has 1 saturated carbocycles. The van der Waals surface area contributed by atoms with Crippen molar-refractivity contribution in [1.82, 2.24) is 20.1 Å². The molecular formula is C21H31BrN4O4. The van der Waals surface area contributed by atoms with E-state index in [0.29, 0.717) is 23.1 Å². The van der Waals surface area contributed by atoms with Gasteiger partial charge in [-0.05, 0) is 41.8 Å². The Morgan fingerprint density at radius 1 is 1.47 bits per heavy atom. The molecular weight excluding hydrogens is 452 g/mol. The monoisotopic (exact) mass is 482 g/mol. The highest BCUT2D eigenvalue weighted by Crippen LogP contribution is 2.28. The second kappa shape index (κ2) is 9.96. The summed E-state index contributed by atoms with van der Waals surface area (Å²) in [5, 5.41) is 12.8. The number of aromatic nitrogens is 1. The zero-order valence-corrected chi connectivity index (χ0v) is 19.4. The maximum atomic E-state index is 13.1. The van der Waals surface area contributed by atoms with Gasteiger partial charge in [-0.2, -0.15) is 0 Å². The lowest BCUT2D eigenvalue weighted by molar-refractivity contribution is 0.0351. The summed E-state index contributed by atoms with van der Waals surface area (Å²) >= 11 is 3.37. The summed E-state index contributed by atoms with van der Waals surface area (Å²) in [4.78, 5) is 33.4. The Bertz CT molecular complexity index is 771. The van der Waals surface area contributed by atoms with Crippen LogP contribution in [0.15, 0.2) is 16.7 Å². The minimum atomic E-state index is -0.349. The third-order valence-electron chi connectivity index (χ3n) is 5.97. The van der Waals surface area contributed by atoms with Crippen LogP contribution in [-0.4, -0.2) is 76.8 Å². The van der Waals surface area contributed by atoms with Crippen LogP contribution in [-0.2, 0) is 0 Å². The number of nitrogens with one attached hydrogen (secondary N) is 1. The first kappa shape index (κ1) is 22.8. The van der Waals surface area contributed by atoms with E-state index in [1.807, 2.05) is 13.8 Å². The SMILES string of the molecule is C[C@@H]1CN([C@@H](C)CO)C(=O)c2cc(Br)cnc2O[C@H]1CN(C)C(=O)NC1CCCC1. The summed E-state index contributed by atoms with van der Waals surface area (Å²) < 4.78 is 6.84. The van der Waals surface area contributed by atoms with Crippen LogP contribution < -0.4 is 10.1 Å². The van der Waals surface area contributed by atoms with Crippen LogP contribution in [0.25, 0.3) is 0 Å². The third kappa shape index (κ3) is 5.24. The summed E-state index contributed by atoms with van der Waals surface area (Å²) in [6, 6.07) is 1.48. The first-order valence-corrected chi connectivity index (χ1v) is 11.3. The summed E-state index contributed by atoms with van der Waals surface area (Å²) in [6.45, 7) is 4.45. The number of aliphatic hydroxyl groups excluding tert-OH is 1. The maximum Gasteiger partial charge on any atom is 0.317 e. The fraction of sp³-hybridized carbons (Fsp3) is 0.667. The van der Waals surface area contributed by atoms with Crippen LogP contribution in [0.4, 0.5) is 4.79 Å². The van der Waals surface area contributed by atoms with Crippen molar-refractivity contribution in [3.05, 3.63) is 22.3 Å². The zero-order valence-electron chi connectivity index (χ0n) is 17.8. The number of hydrogen-bond acceptors (Lipinski definition) is 5. The Labute approximate surface area is 186 Å². The molecule has 1 fully saturated rings. The Kier molecular flexibility index (Phi) is 7.57. The van der Waals surface area contributed by atoms with Gasteiger partial charge in [-0.15, -0.1) is 0 Å². The molecule has 2 N–H and O–H groups in total. The first-order chi connectivity index (χ1) is 14.3. The van der Waals surface area contributed by atoms with E-state index in [9.17, 15) is 14.7 Å². The number of urea groups is 1. The van der Waals surface area contributed by atoms with Crippen molar-refractivity contribution in [2.75, 3.05) is 26.7 Å². The number of rotatable bonds is 5. The number of carbonyl (C=O) groups is 2. The van der Waals surface area contributed by atoms with E-state index in [0.717, 1.165) is 25.7 Å². The molecule has 2 aliphatic rings. The standard InChI is InChI=1S/C21H31BrN4O4/c1-13-10-26(14(2)12-27)20(28)17-8-15(22)9-23-19(17)30-18(13)11-25(3)21(29)24-16-6-4-5-7-16/h8-9,13-14,16,18,27H,4-7,10-12H2,1-3H3,(H,24,29)/t13-,14+,18+/m1/s1. The molecule has 1 aliphatic heterocycles. The molecule has 1 aromatic rings. The van der Waals surface area contributed by atoms with Gasteiger partial charge in [-0.25, -0.2) is 9.78 Å². The minimum absolute atomic E-state index is 0.0664. The zero-order chi connectivity index (χ0) is 21.8. The maximum absolute atomic E-state index is 13.1. The van der Waals surface area contributed by atoms with Gasteiger partial charge in [0.2, 0.25) is 5.88 Å². The molecule has 0 radical (unpaired) electrons. The second-order valence-corrected chi connectivity index (χ2v) is 9.36. The lowest BCUT2D eigenvalue weighted by Crippen LogP contribution is -2.52. The number of ether oxygens (including phenoxy) is 1. The average molecular weight is 483 g/mol. The van der Waals surface area contributed by atoms with E-state index in [4.69, 9.17) is 4.74 Å². The average Bonchev–Trinajstić information content (AvgIpc) is 3.23. The number of halogens is 1. The van der Waals surface area contributed by atoms with Crippen LogP contribution in [0, 0.1) is 5.92 Å². The molecule has 3 amide bonds. The Morgan fingerprint density at radius 2 is 2.17 bits per heavy atom. The van der Waals surface area contributed by atoms with Gasteiger partial charge in [0.25, 0.3) is 5.91 Å². The predicted octanol–water partition coefficient (Wildman–Crippen LogP) is 2.65. The summed E-state index contributed by atoms with van der Waals surface area (Å²) in [6.07, 6.45) is 5.60. The second-order valence-electron chi connectivity index (χ2n) is 8.44. The first-order valence-electron chi connectivity index (χ1n) is 10.6. The van der Waals surface area contributed by atoms with E-state index in [1.54, 1.807) is 29.1 Å². The molecule has 9 heteroatoms. The van der Waals surface area contributed by atoms with Crippen LogP contribution in [0.2, 0.25) is 0 Å². The smallest absolute Gasteiger partial charge is 0.317 e. The molecule has 0 spiro atoms. The Hall–Kier alpha value is -1.87. The van der Waals surface area contributed by atoms with Gasteiger partial charge in [0.1, 0.15) is 11.7 Å². The third-order valence-corrected chi connectivity index (χ3v) is 6.40. The number of hydrogen-bond donors (Lipinski definition) is 2. The van der Waals surface area contributed by atoms with E-state index in [-0.39, 0.29) is 48.5 Å². The number of fused-ring (bicyclic) bond motifs is 1. The molecule has 3 rings (SSSR count). The predicted molar refractivity (Wildman–Crippen MR) is 117 cm³/mol. The van der Waals surface area contributed by atoms with Crippen LogP contribution in [0.5, 0.6) is 5.88 Å². The van der Waals surface area contributed by atoms with E-state index in [1.165, 1.54) is 0 Å². The number of aliphatic hydroxyl groups is 1. The normalized spacial score (nSPS) is 23.2. The Balaban J connectivity index is 1.80. The molecule has 166 valence electrons. The number of nitrogens with zero attached hydrogens (tertiary/aromatic N) is 3. The van der Waals surface area contributed by atoms with Crippen LogP contribution in [0.1, 0.15) is 49.9 Å². The van der Waals surface area contributed by atoms with Gasteiger partial charge in [-0.1, -0.05) is 19.8 Å². The van der Waals surface area contributed by atoms with Crippen LogP contribution in [0.3, 0.4) is 0 Å². The number of amides is 3. The molecule has 0 unspecified atom stereocenters. The van der Waals surface area contributed by atoms with Gasteiger partial charge >= 0.3 is 6.03 Å². The number of pyridine rings is 1. The van der Waals surface area contributed by atoms with Crippen molar-refractivity contribution in [2.24, 2.45) is 5.92 Å². The van der Waals surface area contributed by atoms with Gasteiger partial charge in [0.05, 0.1) is 19.2 Å². The topological polar surface area (TPSA) is 95.0 Å². The molecule has 1 aliphatic carbocycles. The highest BCUT2D eigenvalue weighted by molar-refractivity contribution is 9.10. The van der Waals surface area contributed by atoms with E-state index >= 15 is 0 Å². The number of carbonyl (C=O) groups excluding carboxylic acids is 2.